The van der Waals surface area contributed by atoms with Gasteiger partial charge < -0.3 is 4.74 Å². The summed E-state index contributed by atoms with van der Waals surface area (Å²) in [7, 11) is 1.67. The lowest BCUT2D eigenvalue weighted by atomic mass is 10.0. The first-order chi connectivity index (χ1) is 9.13. The van der Waals surface area contributed by atoms with Gasteiger partial charge in [0.15, 0.2) is 0 Å². The molecule has 0 bridgehead atoms. The van der Waals surface area contributed by atoms with Crippen molar-refractivity contribution in [2.45, 2.75) is 12.5 Å². The molecule has 0 saturated heterocycles. The summed E-state index contributed by atoms with van der Waals surface area (Å²) in [6.07, 6.45) is 0.789. The number of nitrogens with one attached hydrogen (secondary N) is 1. The molecule has 0 spiro atoms. The third kappa shape index (κ3) is 3.79. The van der Waals surface area contributed by atoms with Crippen molar-refractivity contribution in [1.29, 1.82) is 0 Å². The van der Waals surface area contributed by atoms with Gasteiger partial charge in [-0.3, -0.25) is 11.3 Å². The van der Waals surface area contributed by atoms with Gasteiger partial charge in [0.1, 0.15) is 5.75 Å². The molecule has 0 fully saturated rings. The molecule has 0 amide bonds. The highest BCUT2D eigenvalue weighted by atomic mass is 79.9. The smallest absolute Gasteiger partial charge is 0.119 e. The number of methoxy groups -OCH3 is 1. The Morgan fingerprint density at radius 2 is 2.16 bits per heavy atom. The Kier molecular flexibility index (Phi) is 5.41. The van der Waals surface area contributed by atoms with Crippen LogP contribution in [0.4, 0.5) is 0 Å². The number of benzene rings is 1. The van der Waals surface area contributed by atoms with E-state index in [0.29, 0.717) is 0 Å². The first-order valence-electron chi connectivity index (χ1n) is 5.66. The molecule has 0 aliphatic carbocycles. The van der Waals surface area contributed by atoms with Gasteiger partial charge in [0.25, 0.3) is 0 Å². The third-order valence-electron chi connectivity index (χ3n) is 2.87. The zero-order chi connectivity index (χ0) is 13.8. The van der Waals surface area contributed by atoms with Crippen LogP contribution in [-0.4, -0.2) is 7.11 Å². The average molecular weight is 406 g/mol. The molecule has 1 aromatic carbocycles. The van der Waals surface area contributed by atoms with Crippen molar-refractivity contribution in [2.75, 3.05) is 7.11 Å². The maximum absolute atomic E-state index is 5.68. The van der Waals surface area contributed by atoms with E-state index in [1.807, 2.05) is 18.2 Å². The van der Waals surface area contributed by atoms with E-state index in [-0.39, 0.29) is 6.04 Å². The van der Waals surface area contributed by atoms with Gasteiger partial charge in [-0.2, -0.15) is 0 Å². The molecule has 1 aromatic heterocycles. The summed E-state index contributed by atoms with van der Waals surface area (Å²) >= 11 is 8.69. The van der Waals surface area contributed by atoms with E-state index in [1.165, 1.54) is 5.56 Å². The number of thiophene rings is 1. The third-order valence-corrected chi connectivity index (χ3v) is 5.16. The summed E-state index contributed by atoms with van der Waals surface area (Å²) in [4.78, 5) is 0. The SMILES string of the molecule is COc1ccc(Br)c(CC(NN)c2csc(Br)c2)c1. The molecular formula is C13H14Br2N2OS. The van der Waals surface area contributed by atoms with Crippen LogP contribution in [-0.2, 0) is 6.42 Å². The Labute approximate surface area is 133 Å². The summed E-state index contributed by atoms with van der Waals surface area (Å²) < 4.78 is 7.42. The molecule has 2 aromatic rings. The van der Waals surface area contributed by atoms with Crippen molar-refractivity contribution >= 4 is 43.2 Å². The second-order valence-electron chi connectivity index (χ2n) is 4.06. The fourth-order valence-electron chi connectivity index (χ4n) is 1.83. The van der Waals surface area contributed by atoms with Crippen LogP contribution in [0, 0.1) is 0 Å². The normalized spacial score (nSPS) is 12.4. The molecule has 6 heteroatoms. The van der Waals surface area contributed by atoms with Gasteiger partial charge in [0.2, 0.25) is 0 Å². The van der Waals surface area contributed by atoms with Gasteiger partial charge in [-0.25, -0.2) is 0 Å². The highest BCUT2D eigenvalue weighted by molar-refractivity contribution is 9.11. The van der Waals surface area contributed by atoms with Crippen LogP contribution >= 0.6 is 43.2 Å². The number of hydrogen-bond donors (Lipinski definition) is 2. The summed E-state index contributed by atoms with van der Waals surface area (Å²) in [5, 5.41) is 2.10. The first-order valence-corrected chi connectivity index (χ1v) is 8.13. The molecule has 1 heterocycles. The van der Waals surface area contributed by atoms with Crippen LogP contribution in [0.1, 0.15) is 17.2 Å². The van der Waals surface area contributed by atoms with Gasteiger partial charge in [0, 0.05) is 4.47 Å². The second kappa shape index (κ2) is 6.85. The molecule has 19 heavy (non-hydrogen) atoms. The van der Waals surface area contributed by atoms with E-state index in [2.05, 4.69) is 48.7 Å². The average Bonchev–Trinajstić information content (AvgIpc) is 2.84. The van der Waals surface area contributed by atoms with Crippen molar-refractivity contribution in [3.8, 4) is 5.75 Å². The Bertz CT molecular complexity index is 559. The number of nitrogens with two attached hydrogens (primary N) is 1. The van der Waals surface area contributed by atoms with Crippen LogP contribution < -0.4 is 16.0 Å². The summed E-state index contributed by atoms with van der Waals surface area (Å²) in [5.41, 5.74) is 5.20. The molecule has 0 radical (unpaired) electrons. The number of hydrazine groups is 1. The second-order valence-corrected chi connectivity index (χ2v) is 7.21. The lowest BCUT2D eigenvalue weighted by Gasteiger charge is -2.16. The Hall–Kier alpha value is -0.400. The zero-order valence-electron chi connectivity index (χ0n) is 10.3. The van der Waals surface area contributed by atoms with Crippen LogP contribution in [0.15, 0.2) is 37.9 Å². The van der Waals surface area contributed by atoms with Crippen molar-refractivity contribution < 1.29 is 4.74 Å². The van der Waals surface area contributed by atoms with Crippen molar-refractivity contribution in [3.05, 3.63) is 49.0 Å². The minimum atomic E-state index is 0.0750. The van der Waals surface area contributed by atoms with Gasteiger partial charge in [-0.1, -0.05) is 15.9 Å². The molecule has 0 aliphatic rings. The standard InChI is InChI=1S/C13H14Br2N2OS/c1-18-10-2-3-11(14)8(4-10)5-12(17-16)9-6-13(15)19-7-9/h2-4,6-7,12,17H,5,16H2,1H3. The van der Waals surface area contributed by atoms with Gasteiger partial charge in [-0.05, 0) is 63.1 Å². The van der Waals surface area contributed by atoms with E-state index in [4.69, 9.17) is 10.6 Å². The lowest BCUT2D eigenvalue weighted by Crippen LogP contribution is -2.29. The largest absolute Gasteiger partial charge is 0.497 e. The molecule has 3 N–H and O–H groups in total. The fraction of sp³-hybridized carbons (Fsp3) is 0.231. The fourth-order valence-corrected chi connectivity index (χ4v) is 3.47. The van der Waals surface area contributed by atoms with Crippen LogP contribution in [0.3, 0.4) is 0 Å². The molecule has 2 rings (SSSR count). The molecule has 102 valence electrons. The molecule has 0 saturated carbocycles. The van der Waals surface area contributed by atoms with Crippen LogP contribution in [0.2, 0.25) is 0 Å². The van der Waals surface area contributed by atoms with E-state index in [0.717, 1.165) is 26.0 Å². The zero-order valence-corrected chi connectivity index (χ0v) is 14.3. The van der Waals surface area contributed by atoms with Crippen molar-refractivity contribution in [3.63, 3.8) is 0 Å². The molecule has 1 atom stereocenters. The summed E-state index contributed by atoms with van der Waals surface area (Å²) in [6, 6.07) is 8.11. The molecular weight excluding hydrogens is 392 g/mol. The molecule has 0 aliphatic heterocycles. The Balaban J connectivity index is 2.23. The Morgan fingerprint density at radius 1 is 1.37 bits per heavy atom. The Morgan fingerprint density at radius 3 is 2.74 bits per heavy atom. The van der Waals surface area contributed by atoms with Crippen LogP contribution in [0.25, 0.3) is 0 Å². The minimum Gasteiger partial charge on any atom is -0.497 e. The predicted octanol–water partition coefficient (Wildman–Crippen LogP) is 4.03. The minimum absolute atomic E-state index is 0.0750. The topological polar surface area (TPSA) is 47.3 Å². The van der Waals surface area contributed by atoms with Gasteiger partial charge in [-0.15, -0.1) is 11.3 Å². The highest BCUT2D eigenvalue weighted by Crippen LogP contribution is 2.30. The highest BCUT2D eigenvalue weighted by Gasteiger charge is 2.14. The summed E-state index contributed by atoms with van der Waals surface area (Å²) in [5.74, 6) is 6.52. The maximum Gasteiger partial charge on any atom is 0.119 e. The van der Waals surface area contributed by atoms with Crippen molar-refractivity contribution in [1.82, 2.24) is 5.43 Å². The number of rotatable bonds is 5. The van der Waals surface area contributed by atoms with E-state index in [9.17, 15) is 0 Å². The van der Waals surface area contributed by atoms with E-state index >= 15 is 0 Å². The first kappa shape index (κ1) is 15.0. The molecule has 3 nitrogen and oxygen atoms in total. The predicted molar refractivity (Wildman–Crippen MR) is 86.5 cm³/mol. The maximum atomic E-state index is 5.68. The lowest BCUT2D eigenvalue weighted by molar-refractivity contribution is 0.413. The number of halogens is 2. The molecule has 1 unspecified atom stereocenters. The monoisotopic (exact) mass is 404 g/mol. The van der Waals surface area contributed by atoms with E-state index < -0.39 is 0 Å². The van der Waals surface area contributed by atoms with Crippen LogP contribution in [0.5, 0.6) is 5.75 Å². The van der Waals surface area contributed by atoms with Gasteiger partial charge >= 0.3 is 0 Å². The van der Waals surface area contributed by atoms with Crippen molar-refractivity contribution in [2.24, 2.45) is 5.84 Å². The van der Waals surface area contributed by atoms with E-state index in [1.54, 1.807) is 18.4 Å². The van der Waals surface area contributed by atoms with Gasteiger partial charge in [0.05, 0.1) is 16.9 Å². The number of hydrogen-bond acceptors (Lipinski definition) is 4. The number of ether oxygens (including phenoxy) is 1. The summed E-state index contributed by atoms with van der Waals surface area (Å²) in [6.45, 7) is 0. The quantitative estimate of drug-likeness (QED) is 0.583.